The number of halogens is 4. The average molecular weight is 449 g/mol. The Balaban J connectivity index is 1.42. The van der Waals surface area contributed by atoms with Crippen molar-refractivity contribution in [2.75, 3.05) is 31.1 Å². The predicted molar refractivity (Wildman–Crippen MR) is 110 cm³/mol. The molecule has 1 saturated heterocycles. The normalized spacial score (nSPS) is 16.8. The molecule has 10 heteroatoms. The van der Waals surface area contributed by atoms with Crippen LogP contribution in [0.5, 0.6) is 0 Å². The molecule has 170 valence electrons. The molecule has 1 fully saturated rings. The smallest absolute Gasteiger partial charge is 0.355 e. The van der Waals surface area contributed by atoms with Crippen LogP contribution in [0.1, 0.15) is 36.4 Å². The van der Waals surface area contributed by atoms with Crippen LogP contribution >= 0.6 is 0 Å². The van der Waals surface area contributed by atoms with Crippen molar-refractivity contribution in [3.05, 3.63) is 59.4 Å². The summed E-state index contributed by atoms with van der Waals surface area (Å²) in [6.07, 6.45) is -2.73. The number of anilines is 1. The van der Waals surface area contributed by atoms with Crippen LogP contribution < -0.4 is 4.90 Å². The molecule has 4 rings (SSSR count). The maximum atomic E-state index is 13.9. The highest BCUT2D eigenvalue weighted by atomic mass is 19.4. The van der Waals surface area contributed by atoms with Crippen LogP contribution in [0.3, 0.4) is 0 Å². The minimum atomic E-state index is -4.40. The number of nitrogens with zero attached hydrogens (tertiary/aromatic N) is 5. The van der Waals surface area contributed by atoms with Gasteiger partial charge in [-0.05, 0) is 44.0 Å². The molecule has 6 nitrogen and oxygen atoms in total. The second kappa shape index (κ2) is 8.85. The summed E-state index contributed by atoms with van der Waals surface area (Å²) < 4.78 is 57.6. The summed E-state index contributed by atoms with van der Waals surface area (Å²) in [5, 5.41) is 4.00. The summed E-state index contributed by atoms with van der Waals surface area (Å²) in [6.45, 7) is 6.34. The minimum absolute atomic E-state index is 0.160. The Morgan fingerprint density at radius 1 is 1.06 bits per heavy atom. The van der Waals surface area contributed by atoms with E-state index in [0.29, 0.717) is 48.3 Å². The summed E-state index contributed by atoms with van der Waals surface area (Å²) in [5.74, 6) is 0.957. The molecule has 3 aromatic rings. The van der Waals surface area contributed by atoms with Crippen LogP contribution in [0.2, 0.25) is 0 Å². The fourth-order valence-corrected chi connectivity index (χ4v) is 3.70. The van der Waals surface area contributed by atoms with Gasteiger partial charge in [0.15, 0.2) is 0 Å². The van der Waals surface area contributed by atoms with Gasteiger partial charge in [0.2, 0.25) is 11.7 Å². The third kappa shape index (κ3) is 4.74. The first kappa shape index (κ1) is 22.2. The van der Waals surface area contributed by atoms with E-state index >= 15 is 0 Å². The van der Waals surface area contributed by atoms with E-state index in [1.807, 2.05) is 11.8 Å². The second-order valence-electron chi connectivity index (χ2n) is 7.88. The molecular formula is C22H23F4N5O. The second-order valence-corrected chi connectivity index (χ2v) is 7.88. The lowest BCUT2D eigenvalue weighted by molar-refractivity contribution is -0.137. The lowest BCUT2D eigenvalue weighted by atomic mass is 10.1. The number of aromatic nitrogens is 3. The number of aryl methyl sites for hydroxylation is 1. The quantitative estimate of drug-likeness (QED) is 0.530. The molecule has 0 amide bonds. The van der Waals surface area contributed by atoms with Crippen LogP contribution in [0.25, 0.3) is 11.4 Å². The Bertz CT molecular complexity index is 1070. The number of hydrogen-bond acceptors (Lipinski definition) is 6. The SMILES string of the molecule is Cc1ccc(-c2noc(C(C)N3CCCN(c4ccc(C(F)(F)F)cn4)CC3)n2)cc1F. The van der Waals surface area contributed by atoms with Gasteiger partial charge in [-0.1, -0.05) is 17.3 Å². The predicted octanol–water partition coefficient (Wildman–Crippen LogP) is 4.87. The van der Waals surface area contributed by atoms with Crippen LogP contribution in [0.15, 0.2) is 41.1 Å². The molecule has 0 N–H and O–H groups in total. The lowest BCUT2D eigenvalue weighted by Gasteiger charge is -2.25. The average Bonchev–Trinajstić information content (AvgIpc) is 3.13. The van der Waals surface area contributed by atoms with Crippen molar-refractivity contribution in [2.45, 2.75) is 32.5 Å². The largest absolute Gasteiger partial charge is 0.417 e. The van der Waals surface area contributed by atoms with Gasteiger partial charge >= 0.3 is 6.18 Å². The Hall–Kier alpha value is -3.01. The summed E-state index contributed by atoms with van der Waals surface area (Å²) in [7, 11) is 0. The van der Waals surface area contributed by atoms with Gasteiger partial charge in [-0.15, -0.1) is 0 Å². The van der Waals surface area contributed by atoms with Crippen LogP contribution in [0.4, 0.5) is 23.4 Å². The van der Waals surface area contributed by atoms with Crippen LogP contribution in [0, 0.1) is 12.7 Å². The maximum Gasteiger partial charge on any atom is 0.417 e. The van der Waals surface area contributed by atoms with Crippen molar-refractivity contribution in [3.8, 4) is 11.4 Å². The summed E-state index contributed by atoms with van der Waals surface area (Å²) in [4.78, 5) is 12.6. The van der Waals surface area contributed by atoms with E-state index in [1.54, 1.807) is 19.1 Å². The molecule has 0 radical (unpaired) electrons. The molecule has 1 aliphatic heterocycles. The molecule has 0 spiro atoms. The van der Waals surface area contributed by atoms with E-state index in [4.69, 9.17) is 4.52 Å². The molecule has 0 bridgehead atoms. The molecule has 2 aromatic heterocycles. The molecular weight excluding hydrogens is 426 g/mol. The molecule has 32 heavy (non-hydrogen) atoms. The summed E-state index contributed by atoms with van der Waals surface area (Å²) in [6, 6.07) is 7.11. The van der Waals surface area contributed by atoms with Crippen LogP contribution in [-0.4, -0.2) is 46.2 Å². The number of pyridine rings is 1. The number of benzene rings is 1. The first-order valence-electron chi connectivity index (χ1n) is 10.3. The highest BCUT2D eigenvalue weighted by Gasteiger charge is 2.31. The number of alkyl halides is 3. The van der Waals surface area contributed by atoms with E-state index < -0.39 is 11.7 Å². The Morgan fingerprint density at radius 3 is 2.56 bits per heavy atom. The molecule has 0 aliphatic carbocycles. The summed E-state index contributed by atoms with van der Waals surface area (Å²) in [5.41, 5.74) is 0.334. The monoisotopic (exact) mass is 449 g/mol. The first-order valence-corrected chi connectivity index (χ1v) is 10.3. The molecule has 0 saturated carbocycles. The zero-order valence-electron chi connectivity index (χ0n) is 17.7. The topological polar surface area (TPSA) is 58.3 Å². The molecule has 1 aliphatic rings. The Morgan fingerprint density at radius 2 is 1.88 bits per heavy atom. The highest BCUT2D eigenvalue weighted by molar-refractivity contribution is 5.55. The zero-order valence-corrected chi connectivity index (χ0v) is 17.7. The van der Waals surface area contributed by atoms with Crippen molar-refractivity contribution < 1.29 is 22.1 Å². The van der Waals surface area contributed by atoms with Crippen molar-refractivity contribution in [3.63, 3.8) is 0 Å². The van der Waals surface area contributed by atoms with Gasteiger partial charge in [0.1, 0.15) is 11.6 Å². The number of rotatable bonds is 4. The van der Waals surface area contributed by atoms with E-state index in [-0.39, 0.29) is 11.9 Å². The zero-order chi connectivity index (χ0) is 22.9. The van der Waals surface area contributed by atoms with Crippen molar-refractivity contribution in [1.82, 2.24) is 20.0 Å². The maximum absolute atomic E-state index is 13.9. The van der Waals surface area contributed by atoms with E-state index in [1.165, 1.54) is 12.1 Å². The molecule has 1 unspecified atom stereocenters. The van der Waals surface area contributed by atoms with Crippen LogP contribution in [-0.2, 0) is 6.18 Å². The van der Waals surface area contributed by atoms with Gasteiger partial charge in [0.05, 0.1) is 11.6 Å². The fourth-order valence-electron chi connectivity index (χ4n) is 3.70. The van der Waals surface area contributed by atoms with Crippen molar-refractivity contribution in [2.24, 2.45) is 0 Å². The van der Waals surface area contributed by atoms with Gasteiger partial charge in [-0.25, -0.2) is 9.37 Å². The van der Waals surface area contributed by atoms with E-state index in [0.717, 1.165) is 25.2 Å². The summed E-state index contributed by atoms with van der Waals surface area (Å²) >= 11 is 0. The third-order valence-corrected chi connectivity index (χ3v) is 5.71. The van der Waals surface area contributed by atoms with Crippen molar-refractivity contribution in [1.29, 1.82) is 0 Å². The highest BCUT2D eigenvalue weighted by Crippen LogP contribution is 2.30. The van der Waals surface area contributed by atoms with Gasteiger partial charge in [0.25, 0.3) is 0 Å². The van der Waals surface area contributed by atoms with E-state index in [9.17, 15) is 17.6 Å². The minimum Gasteiger partial charge on any atom is -0.355 e. The third-order valence-electron chi connectivity index (χ3n) is 5.71. The standard InChI is InChI=1S/C22H23F4N5O/c1-14-4-5-16(12-18(14)23)20-28-21(32-29-20)15(2)30-8-3-9-31(11-10-30)19-7-6-17(13-27-19)22(24,25)26/h4-7,12-13,15H,3,8-11H2,1-2H3. The lowest BCUT2D eigenvalue weighted by Crippen LogP contribution is -2.33. The van der Waals surface area contributed by atoms with E-state index in [2.05, 4.69) is 20.0 Å². The first-order chi connectivity index (χ1) is 15.2. The Labute approximate surface area is 182 Å². The Kier molecular flexibility index (Phi) is 6.14. The van der Waals surface area contributed by atoms with Gasteiger partial charge in [-0.3, -0.25) is 4.90 Å². The van der Waals surface area contributed by atoms with Gasteiger partial charge < -0.3 is 9.42 Å². The number of hydrogen-bond donors (Lipinski definition) is 0. The van der Waals surface area contributed by atoms with Gasteiger partial charge in [-0.2, -0.15) is 18.2 Å². The van der Waals surface area contributed by atoms with Gasteiger partial charge in [0, 0.05) is 37.9 Å². The molecule has 1 atom stereocenters. The molecule has 3 heterocycles. The van der Waals surface area contributed by atoms with Crippen molar-refractivity contribution >= 4 is 5.82 Å². The fraction of sp³-hybridized carbons (Fsp3) is 0.409. The molecule has 1 aromatic carbocycles.